The summed E-state index contributed by atoms with van der Waals surface area (Å²) in [6.45, 7) is 0.281. The van der Waals surface area contributed by atoms with Crippen molar-refractivity contribution in [1.82, 2.24) is 20.1 Å². The van der Waals surface area contributed by atoms with E-state index in [1.807, 2.05) is 0 Å². The number of benzene rings is 1. The maximum absolute atomic E-state index is 12.1. The van der Waals surface area contributed by atoms with Crippen molar-refractivity contribution < 1.29 is 9.21 Å². The average molecular weight is 310 g/mol. The average Bonchev–Trinajstić information content (AvgIpc) is 3.09. The molecule has 1 N–H and O–H groups in total. The molecule has 3 aromatic rings. The van der Waals surface area contributed by atoms with Crippen LogP contribution in [0.1, 0.15) is 16.1 Å². The Balaban J connectivity index is 1.72. The molecule has 7 heteroatoms. The monoisotopic (exact) mass is 310 g/mol. The maximum atomic E-state index is 12.1. The smallest absolute Gasteiger partial charge is 0.266 e. The predicted octanol–water partition coefficient (Wildman–Crippen LogP) is 1.37. The molecule has 1 amide bonds. The number of oxazole rings is 1. The van der Waals surface area contributed by atoms with Crippen molar-refractivity contribution >= 4 is 5.91 Å². The zero-order valence-corrected chi connectivity index (χ0v) is 12.4. The highest BCUT2D eigenvalue weighted by Gasteiger charge is 2.08. The number of carbonyl (C=O) groups excluding carboxylic acids is 1. The number of nitrogens with one attached hydrogen (secondary N) is 1. The molecule has 0 spiro atoms. The second kappa shape index (κ2) is 6.27. The van der Waals surface area contributed by atoms with Crippen LogP contribution in [-0.4, -0.2) is 20.7 Å². The molecule has 2 heterocycles. The first kappa shape index (κ1) is 14.7. The lowest BCUT2D eigenvalue weighted by molar-refractivity contribution is 0.0948. The fourth-order valence-electron chi connectivity index (χ4n) is 2.05. The van der Waals surface area contributed by atoms with Gasteiger partial charge in [-0.25, -0.2) is 9.67 Å². The van der Waals surface area contributed by atoms with Gasteiger partial charge in [-0.15, -0.1) is 0 Å². The van der Waals surface area contributed by atoms with Gasteiger partial charge in [0.15, 0.2) is 6.39 Å². The highest BCUT2D eigenvalue weighted by molar-refractivity contribution is 5.94. The second-order valence-corrected chi connectivity index (χ2v) is 4.91. The van der Waals surface area contributed by atoms with Crippen LogP contribution in [0.25, 0.3) is 11.3 Å². The van der Waals surface area contributed by atoms with Gasteiger partial charge < -0.3 is 9.73 Å². The molecule has 0 aliphatic carbocycles. The lowest BCUT2D eigenvalue weighted by atomic mass is 10.1. The molecule has 0 aliphatic rings. The lowest BCUT2D eigenvalue weighted by Gasteiger charge is -2.05. The number of hydrogen-bond acceptors (Lipinski definition) is 5. The Kier molecular flexibility index (Phi) is 4.01. The summed E-state index contributed by atoms with van der Waals surface area (Å²) in [6.07, 6.45) is 2.87. The zero-order chi connectivity index (χ0) is 16.2. The van der Waals surface area contributed by atoms with Crippen molar-refractivity contribution in [1.29, 1.82) is 0 Å². The second-order valence-electron chi connectivity index (χ2n) is 4.91. The van der Waals surface area contributed by atoms with Gasteiger partial charge in [0.1, 0.15) is 5.76 Å². The van der Waals surface area contributed by atoms with E-state index in [2.05, 4.69) is 15.4 Å². The first-order valence-electron chi connectivity index (χ1n) is 6.94. The van der Waals surface area contributed by atoms with Gasteiger partial charge in [-0.1, -0.05) is 12.1 Å². The molecule has 0 saturated heterocycles. The van der Waals surface area contributed by atoms with Gasteiger partial charge >= 0.3 is 0 Å². The van der Waals surface area contributed by atoms with Gasteiger partial charge in [0, 0.05) is 24.2 Å². The Labute approximate surface area is 131 Å². The quantitative estimate of drug-likeness (QED) is 0.786. The molecule has 116 valence electrons. The predicted molar refractivity (Wildman–Crippen MR) is 82.6 cm³/mol. The van der Waals surface area contributed by atoms with Crippen LogP contribution in [0.4, 0.5) is 0 Å². The number of aromatic nitrogens is 3. The minimum atomic E-state index is -0.207. The van der Waals surface area contributed by atoms with Crippen LogP contribution in [-0.2, 0) is 13.6 Å². The minimum Gasteiger partial charge on any atom is -0.447 e. The van der Waals surface area contributed by atoms with Crippen LogP contribution >= 0.6 is 0 Å². The van der Waals surface area contributed by atoms with Gasteiger partial charge in [-0.05, 0) is 18.2 Å². The normalized spacial score (nSPS) is 10.5. The van der Waals surface area contributed by atoms with E-state index in [4.69, 9.17) is 4.42 Å². The molecule has 0 radical (unpaired) electrons. The van der Waals surface area contributed by atoms with Crippen molar-refractivity contribution in [2.24, 2.45) is 7.05 Å². The van der Waals surface area contributed by atoms with E-state index >= 15 is 0 Å². The van der Waals surface area contributed by atoms with E-state index in [0.717, 1.165) is 5.56 Å². The number of amides is 1. The Bertz CT molecular complexity index is 867. The van der Waals surface area contributed by atoms with Crippen molar-refractivity contribution in [2.75, 3.05) is 0 Å². The van der Waals surface area contributed by atoms with Gasteiger partial charge in [0.25, 0.3) is 11.5 Å². The summed E-state index contributed by atoms with van der Waals surface area (Å²) in [6, 6.07) is 10.1. The summed E-state index contributed by atoms with van der Waals surface area (Å²) in [4.78, 5) is 27.2. The molecule has 0 saturated carbocycles. The third-order valence-corrected chi connectivity index (χ3v) is 3.31. The van der Waals surface area contributed by atoms with Crippen molar-refractivity contribution in [3.05, 3.63) is 70.7 Å². The summed E-state index contributed by atoms with van der Waals surface area (Å²) in [5, 5.41) is 6.92. The number of hydrogen-bond donors (Lipinski definition) is 1. The number of rotatable bonds is 4. The van der Waals surface area contributed by atoms with Gasteiger partial charge in [0.2, 0.25) is 0 Å². The van der Waals surface area contributed by atoms with Crippen LogP contribution in [0.5, 0.6) is 0 Å². The van der Waals surface area contributed by atoms with Gasteiger partial charge in [0.05, 0.1) is 18.4 Å². The van der Waals surface area contributed by atoms with E-state index < -0.39 is 0 Å². The van der Waals surface area contributed by atoms with Crippen LogP contribution in [0.3, 0.4) is 0 Å². The van der Waals surface area contributed by atoms with Crippen LogP contribution in [0.15, 0.2) is 58.2 Å². The first-order chi connectivity index (χ1) is 11.1. The van der Waals surface area contributed by atoms with Crippen LogP contribution < -0.4 is 10.9 Å². The van der Waals surface area contributed by atoms with E-state index in [-0.39, 0.29) is 18.0 Å². The summed E-state index contributed by atoms with van der Waals surface area (Å²) < 4.78 is 6.33. The highest BCUT2D eigenvalue weighted by Crippen LogP contribution is 2.16. The summed E-state index contributed by atoms with van der Waals surface area (Å²) in [5.74, 6) is 0.380. The molecule has 7 nitrogen and oxygen atoms in total. The highest BCUT2D eigenvalue weighted by atomic mass is 16.3. The van der Waals surface area contributed by atoms with E-state index in [0.29, 0.717) is 17.0 Å². The molecule has 1 aromatic carbocycles. The molecule has 23 heavy (non-hydrogen) atoms. The molecule has 0 atom stereocenters. The Morgan fingerprint density at radius 1 is 1.22 bits per heavy atom. The van der Waals surface area contributed by atoms with Crippen LogP contribution in [0.2, 0.25) is 0 Å². The molecule has 2 aromatic heterocycles. The number of carbonyl (C=O) groups is 1. The molecule has 0 fully saturated rings. The van der Waals surface area contributed by atoms with E-state index in [1.54, 1.807) is 43.6 Å². The van der Waals surface area contributed by atoms with E-state index in [1.165, 1.54) is 17.1 Å². The fourth-order valence-corrected chi connectivity index (χ4v) is 2.05. The molecule has 3 rings (SSSR count). The minimum absolute atomic E-state index is 0.169. The van der Waals surface area contributed by atoms with E-state index in [9.17, 15) is 9.59 Å². The largest absolute Gasteiger partial charge is 0.447 e. The zero-order valence-electron chi connectivity index (χ0n) is 12.4. The number of nitrogens with zero attached hydrogens (tertiary/aromatic N) is 3. The molecular formula is C16H14N4O3. The van der Waals surface area contributed by atoms with Crippen LogP contribution in [0, 0.1) is 0 Å². The summed E-state index contributed by atoms with van der Waals surface area (Å²) >= 11 is 0. The number of aryl methyl sites for hydroxylation is 1. The van der Waals surface area contributed by atoms with Crippen molar-refractivity contribution in [3.63, 3.8) is 0 Å². The third-order valence-electron chi connectivity index (χ3n) is 3.31. The fraction of sp³-hybridized carbons (Fsp3) is 0.125. The van der Waals surface area contributed by atoms with Gasteiger partial charge in [-0.2, -0.15) is 5.10 Å². The lowest BCUT2D eigenvalue weighted by Crippen LogP contribution is -2.22. The Hall–Kier alpha value is -3.22. The summed E-state index contributed by atoms with van der Waals surface area (Å²) in [7, 11) is 1.59. The van der Waals surface area contributed by atoms with Gasteiger partial charge in [-0.3, -0.25) is 9.59 Å². The summed E-state index contributed by atoms with van der Waals surface area (Å²) in [5.41, 5.74) is 1.85. The van der Waals surface area contributed by atoms with Crippen molar-refractivity contribution in [3.8, 4) is 11.3 Å². The molecule has 0 bridgehead atoms. The van der Waals surface area contributed by atoms with Crippen molar-refractivity contribution in [2.45, 2.75) is 6.54 Å². The molecule has 0 unspecified atom stereocenters. The topological polar surface area (TPSA) is 90.0 Å². The Morgan fingerprint density at radius 3 is 2.65 bits per heavy atom. The standard InChI is InChI=1S/C16H14N4O3/c1-20-15(21)7-6-14(19-20)11-2-4-12(5-3-11)16(22)18-9-13-8-17-10-23-13/h2-8,10H,9H2,1H3,(H,18,22). The first-order valence-corrected chi connectivity index (χ1v) is 6.94. The Morgan fingerprint density at radius 2 is 2.00 bits per heavy atom. The SMILES string of the molecule is Cn1nc(-c2ccc(C(=O)NCc3cnco3)cc2)ccc1=O. The third kappa shape index (κ3) is 3.34. The maximum Gasteiger partial charge on any atom is 0.266 e. The molecular weight excluding hydrogens is 296 g/mol. The molecule has 0 aliphatic heterocycles.